The van der Waals surface area contributed by atoms with Gasteiger partial charge in [0.25, 0.3) is 0 Å². The molecule has 2 spiro atoms. The van der Waals surface area contributed by atoms with Crippen molar-refractivity contribution < 1.29 is 0 Å². The molecule has 1 aliphatic heterocycles. The summed E-state index contributed by atoms with van der Waals surface area (Å²) in [4.78, 5) is 2.64. The van der Waals surface area contributed by atoms with Crippen LogP contribution in [-0.4, -0.2) is 4.57 Å². The summed E-state index contributed by atoms with van der Waals surface area (Å²) in [5.74, 6) is 0. The Balaban J connectivity index is 1.04. The monoisotopic (exact) mass is 962 g/mol. The van der Waals surface area contributed by atoms with Crippen LogP contribution >= 0.6 is 0 Å². The zero-order chi connectivity index (χ0) is 49.7. The fourth-order valence-corrected chi connectivity index (χ4v) is 14.9. The molecule has 2 heteroatoms. The number of hydrogen-bond donors (Lipinski definition) is 0. The predicted octanol–water partition coefficient (Wildman–Crippen LogP) is 18.6. The molecule has 17 rings (SSSR count). The molecule has 76 heavy (non-hydrogen) atoms. The second kappa shape index (κ2) is 15.4. The molecule has 1 aromatic heterocycles. The first-order chi connectivity index (χ1) is 37.8. The summed E-state index contributed by atoms with van der Waals surface area (Å²) in [7, 11) is 0. The Bertz CT molecular complexity index is 4520. The molecule has 2 nitrogen and oxygen atoms in total. The lowest BCUT2D eigenvalue weighted by Crippen LogP contribution is -2.33. The summed E-state index contributed by atoms with van der Waals surface area (Å²) in [6.07, 6.45) is 0. The van der Waals surface area contributed by atoms with E-state index in [4.69, 9.17) is 0 Å². The topological polar surface area (TPSA) is 8.17 Å². The van der Waals surface area contributed by atoms with Gasteiger partial charge in [-0.2, -0.15) is 0 Å². The van der Waals surface area contributed by atoms with Gasteiger partial charge in [-0.25, -0.2) is 0 Å². The average molecular weight is 963 g/mol. The molecule has 4 aliphatic rings. The number of benzene rings is 12. The molecule has 0 amide bonds. The van der Waals surface area contributed by atoms with Crippen LogP contribution in [0.2, 0.25) is 0 Å². The Morgan fingerprint density at radius 3 is 1.37 bits per heavy atom. The van der Waals surface area contributed by atoms with Crippen molar-refractivity contribution in [3.05, 3.63) is 324 Å². The van der Waals surface area contributed by atoms with Gasteiger partial charge in [0.1, 0.15) is 0 Å². The quantitative estimate of drug-likeness (QED) is 0.167. The highest BCUT2D eigenvalue weighted by atomic mass is 15.2. The third kappa shape index (κ3) is 5.16. The molecule has 0 saturated heterocycles. The van der Waals surface area contributed by atoms with Crippen molar-refractivity contribution in [1.82, 2.24) is 4.57 Å². The summed E-state index contributed by atoms with van der Waals surface area (Å²) >= 11 is 0. The molecule has 2 heterocycles. The summed E-state index contributed by atoms with van der Waals surface area (Å²) in [6, 6.07) is 105. The maximum absolute atomic E-state index is 2.64. The predicted molar refractivity (Wildman–Crippen MR) is 313 cm³/mol. The van der Waals surface area contributed by atoms with E-state index in [1.54, 1.807) is 0 Å². The maximum atomic E-state index is 2.64. The smallest absolute Gasteiger partial charge is 0.0755 e. The lowest BCUT2D eigenvalue weighted by molar-refractivity contribution is 0.748. The van der Waals surface area contributed by atoms with Crippen molar-refractivity contribution >= 4 is 38.9 Å². The third-order valence-corrected chi connectivity index (χ3v) is 17.6. The van der Waals surface area contributed by atoms with Crippen molar-refractivity contribution in [2.24, 2.45) is 0 Å². The minimum absolute atomic E-state index is 0.519. The Kier molecular flexibility index (Phi) is 8.44. The number of fused-ring (bicyclic) bond motifs is 22. The number of rotatable bonds is 5. The summed E-state index contributed by atoms with van der Waals surface area (Å²) < 4.78 is 2.57. The van der Waals surface area contributed by atoms with E-state index < -0.39 is 10.8 Å². The first kappa shape index (κ1) is 41.7. The van der Waals surface area contributed by atoms with Crippen molar-refractivity contribution in [2.45, 2.75) is 10.8 Å². The Morgan fingerprint density at radius 1 is 0.276 bits per heavy atom. The molecule has 0 bridgehead atoms. The van der Waals surface area contributed by atoms with Crippen molar-refractivity contribution in [1.29, 1.82) is 0 Å². The van der Waals surface area contributed by atoms with Gasteiger partial charge in [-0.1, -0.05) is 243 Å². The summed E-state index contributed by atoms with van der Waals surface area (Å²) in [6.45, 7) is 0. The Labute approximate surface area is 441 Å². The minimum atomic E-state index is -0.625. The van der Waals surface area contributed by atoms with Crippen LogP contribution in [0.4, 0.5) is 17.1 Å². The minimum Gasteiger partial charge on any atom is -0.309 e. The number of hydrogen-bond acceptors (Lipinski definition) is 1. The molecular formula is C74H46N2. The fourth-order valence-electron chi connectivity index (χ4n) is 14.9. The van der Waals surface area contributed by atoms with Gasteiger partial charge in [0.2, 0.25) is 0 Å². The number of para-hydroxylation sites is 3. The fraction of sp³-hybridized carbons (Fsp3) is 0.0270. The first-order valence-corrected chi connectivity index (χ1v) is 26.6. The van der Waals surface area contributed by atoms with Crippen molar-refractivity contribution in [3.63, 3.8) is 0 Å². The normalized spacial score (nSPS) is 14.0. The van der Waals surface area contributed by atoms with Crippen molar-refractivity contribution in [2.75, 3.05) is 4.90 Å². The highest BCUT2D eigenvalue weighted by molar-refractivity contribution is 6.15. The molecule has 0 fully saturated rings. The van der Waals surface area contributed by atoms with Gasteiger partial charge in [0, 0.05) is 27.6 Å². The van der Waals surface area contributed by atoms with E-state index in [2.05, 4.69) is 289 Å². The first-order valence-electron chi connectivity index (χ1n) is 26.6. The Hall–Kier alpha value is -9.76. The van der Waals surface area contributed by atoms with Gasteiger partial charge >= 0.3 is 0 Å². The van der Waals surface area contributed by atoms with E-state index in [1.165, 1.54) is 122 Å². The van der Waals surface area contributed by atoms with Crippen LogP contribution in [0.1, 0.15) is 44.5 Å². The molecule has 13 aromatic rings. The van der Waals surface area contributed by atoms with E-state index >= 15 is 0 Å². The van der Waals surface area contributed by atoms with Crippen LogP contribution in [0.25, 0.3) is 83.1 Å². The van der Waals surface area contributed by atoms with Crippen molar-refractivity contribution in [3.8, 4) is 61.3 Å². The van der Waals surface area contributed by atoms with Crippen LogP contribution in [-0.2, 0) is 10.8 Å². The molecular weight excluding hydrogens is 917 g/mol. The largest absolute Gasteiger partial charge is 0.309 e. The lowest BCUT2D eigenvalue weighted by atomic mass is 9.65. The number of anilines is 3. The third-order valence-electron chi connectivity index (χ3n) is 17.6. The van der Waals surface area contributed by atoms with Crippen LogP contribution in [0.5, 0.6) is 0 Å². The molecule has 0 N–H and O–H groups in total. The van der Waals surface area contributed by atoms with Gasteiger partial charge in [-0.05, 0) is 125 Å². The highest BCUT2D eigenvalue weighted by Gasteiger charge is 2.54. The van der Waals surface area contributed by atoms with E-state index in [1.807, 2.05) is 0 Å². The molecule has 3 aliphatic carbocycles. The number of nitrogens with zero attached hydrogens (tertiary/aromatic N) is 2. The van der Waals surface area contributed by atoms with Crippen LogP contribution in [0.15, 0.2) is 279 Å². The van der Waals surface area contributed by atoms with Gasteiger partial charge in [-0.3, -0.25) is 0 Å². The molecule has 0 saturated carbocycles. The van der Waals surface area contributed by atoms with E-state index in [-0.39, 0.29) is 0 Å². The van der Waals surface area contributed by atoms with Crippen LogP contribution in [0, 0.1) is 0 Å². The molecule has 12 aromatic carbocycles. The molecule has 0 radical (unpaired) electrons. The second-order valence-electron chi connectivity index (χ2n) is 21.0. The summed E-state index contributed by atoms with van der Waals surface area (Å²) in [5, 5.41) is 2.46. The van der Waals surface area contributed by atoms with Gasteiger partial charge in [-0.15, -0.1) is 0 Å². The van der Waals surface area contributed by atoms with E-state index in [9.17, 15) is 0 Å². The SMILES string of the molecule is c1ccc(-c2ccccc2-c2ccccc2N(c2cc3c4c(c2)c2ccccc2n4-c2ccccc2C32c3ccccc3-c3ccccc32)c2cccc3c2-c2ccccc2C32c3ccccc3-c3ccccc32)cc1. The van der Waals surface area contributed by atoms with Crippen LogP contribution in [0.3, 0.4) is 0 Å². The zero-order valence-electron chi connectivity index (χ0n) is 41.5. The van der Waals surface area contributed by atoms with Gasteiger partial charge in [0.15, 0.2) is 0 Å². The Morgan fingerprint density at radius 2 is 0.724 bits per heavy atom. The van der Waals surface area contributed by atoms with Gasteiger partial charge in [0.05, 0.1) is 38.9 Å². The number of aromatic nitrogens is 1. The standard InChI is InChI=1S/C74H46N2/c1-2-23-47(24-3-1)49-25-4-5-26-50(49)55-31-11-19-41-67(55)75(70-44-22-40-65-71(70)57-33-10-17-38-63(57)73(65)59-34-13-6-27-51(59)52-28-7-14-35-60(52)73)48-45-58-56-32-12-20-42-68(56)76-69-43-21-18-39-64(69)74(66(46-48)72(58)76)61-36-15-8-29-53(61)54-30-9-16-37-62(54)74/h1-46H. The van der Waals surface area contributed by atoms with Crippen LogP contribution < -0.4 is 4.90 Å². The lowest BCUT2D eigenvalue weighted by Gasteiger charge is -2.40. The maximum Gasteiger partial charge on any atom is 0.0755 e. The highest BCUT2D eigenvalue weighted by Crippen LogP contribution is 2.66. The van der Waals surface area contributed by atoms with E-state index in [0.29, 0.717) is 0 Å². The molecule has 352 valence electrons. The average Bonchev–Trinajstić information content (AvgIpc) is 4.35. The van der Waals surface area contributed by atoms with E-state index in [0.717, 1.165) is 22.6 Å². The zero-order valence-corrected chi connectivity index (χ0v) is 41.5. The second-order valence-corrected chi connectivity index (χ2v) is 21.0. The van der Waals surface area contributed by atoms with Gasteiger partial charge < -0.3 is 9.47 Å². The summed E-state index contributed by atoms with van der Waals surface area (Å²) in [5.41, 5.74) is 28.8. The molecule has 0 unspecified atom stereocenters. The molecule has 0 atom stereocenters.